The van der Waals surface area contributed by atoms with Gasteiger partial charge in [-0.25, -0.2) is 4.99 Å². The van der Waals surface area contributed by atoms with Gasteiger partial charge >= 0.3 is 0 Å². The number of hydrogen-bond donors (Lipinski definition) is 2. The zero-order valence-corrected chi connectivity index (χ0v) is 12.2. The molecule has 0 aromatic rings. The maximum Gasteiger partial charge on any atom is 0.225 e. The first kappa shape index (κ1) is 15.2. The molecule has 1 fully saturated rings. The fourth-order valence-electron chi connectivity index (χ4n) is 2.58. The van der Waals surface area contributed by atoms with Gasteiger partial charge in [0.15, 0.2) is 0 Å². The van der Waals surface area contributed by atoms with E-state index in [1.807, 2.05) is 27.7 Å². The van der Waals surface area contributed by atoms with Crippen LogP contribution in [0.5, 0.6) is 0 Å². The molecule has 6 heteroatoms. The monoisotopic (exact) mass is 271 g/mol. The van der Waals surface area contributed by atoms with Crippen molar-refractivity contribution in [1.82, 2.24) is 10.4 Å². The van der Waals surface area contributed by atoms with Crippen LogP contribution in [0.2, 0.25) is 0 Å². The molecular formula is C12H21N3O2S. The first-order valence-electron chi connectivity index (χ1n) is 6.04. The Morgan fingerprint density at radius 2 is 2.17 bits per heavy atom. The number of aliphatic imine (C=N–C) groups is 1. The second-order valence-corrected chi connectivity index (χ2v) is 5.98. The Labute approximate surface area is 113 Å². The third kappa shape index (κ3) is 2.95. The van der Waals surface area contributed by atoms with Crippen molar-refractivity contribution < 1.29 is 10.0 Å². The Hall–Kier alpha value is -0.810. The fourth-order valence-corrected chi connectivity index (χ4v) is 2.67. The van der Waals surface area contributed by atoms with Gasteiger partial charge in [0.25, 0.3) is 0 Å². The molecule has 0 aliphatic carbocycles. The lowest BCUT2D eigenvalue weighted by atomic mass is 9.86. The Morgan fingerprint density at radius 1 is 1.56 bits per heavy atom. The summed E-state index contributed by atoms with van der Waals surface area (Å²) >= 11 is 4.45. The van der Waals surface area contributed by atoms with Crippen molar-refractivity contribution in [2.75, 3.05) is 13.1 Å². The molecule has 1 aliphatic rings. The third-order valence-corrected chi connectivity index (χ3v) is 3.71. The van der Waals surface area contributed by atoms with Crippen molar-refractivity contribution in [3.8, 4) is 0 Å². The fraction of sp³-hybridized carbons (Fsp3) is 0.833. The normalized spacial score (nSPS) is 25.5. The van der Waals surface area contributed by atoms with E-state index in [9.17, 15) is 10.0 Å². The van der Waals surface area contributed by atoms with Crippen LogP contribution < -0.4 is 5.32 Å². The van der Waals surface area contributed by atoms with Crippen LogP contribution in [0.25, 0.3) is 0 Å². The number of carbonyl (C=O) groups excluding carboxylic acids is 1. The van der Waals surface area contributed by atoms with E-state index in [0.717, 1.165) is 0 Å². The molecular weight excluding hydrogens is 250 g/mol. The van der Waals surface area contributed by atoms with Crippen molar-refractivity contribution in [2.24, 2.45) is 10.9 Å². The number of carbonyl (C=O) groups is 1. The van der Waals surface area contributed by atoms with E-state index in [1.165, 1.54) is 5.06 Å². The van der Waals surface area contributed by atoms with Gasteiger partial charge in [0.2, 0.25) is 5.91 Å². The minimum Gasteiger partial charge on any atom is -0.354 e. The molecule has 0 aromatic heterocycles. The molecule has 0 radical (unpaired) electrons. The maximum atomic E-state index is 12.1. The second-order valence-electron chi connectivity index (χ2n) is 5.80. The van der Waals surface area contributed by atoms with Gasteiger partial charge in [-0.1, -0.05) is 0 Å². The first-order valence-corrected chi connectivity index (χ1v) is 6.45. The number of amides is 1. The van der Waals surface area contributed by atoms with Gasteiger partial charge in [0.1, 0.15) is 0 Å². The number of nitrogens with one attached hydrogen (secondary N) is 1. The van der Waals surface area contributed by atoms with Crippen LogP contribution in [0.4, 0.5) is 0 Å². The SMILES string of the molecule is CC1(C)CC(C(=O)NCCN=C=S)C(C)(C)N1O. The summed E-state index contributed by atoms with van der Waals surface area (Å²) in [6.07, 6.45) is 0.624. The van der Waals surface area contributed by atoms with Crippen molar-refractivity contribution in [3.05, 3.63) is 0 Å². The molecule has 1 amide bonds. The lowest BCUT2D eigenvalue weighted by molar-refractivity contribution is -0.197. The van der Waals surface area contributed by atoms with E-state index >= 15 is 0 Å². The molecule has 18 heavy (non-hydrogen) atoms. The topological polar surface area (TPSA) is 64.9 Å². The van der Waals surface area contributed by atoms with Gasteiger partial charge in [-0.3, -0.25) is 4.79 Å². The molecule has 1 aliphatic heterocycles. The molecule has 0 bridgehead atoms. The molecule has 2 N–H and O–H groups in total. The third-order valence-electron chi connectivity index (χ3n) is 3.58. The molecule has 1 atom stereocenters. The van der Waals surface area contributed by atoms with Crippen LogP contribution in [0.3, 0.4) is 0 Å². The summed E-state index contributed by atoms with van der Waals surface area (Å²) in [5.41, 5.74) is -0.959. The molecule has 1 saturated heterocycles. The molecule has 1 heterocycles. The van der Waals surface area contributed by atoms with Crippen molar-refractivity contribution in [3.63, 3.8) is 0 Å². The average Bonchev–Trinajstić information content (AvgIpc) is 2.45. The largest absolute Gasteiger partial charge is 0.354 e. The quantitative estimate of drug-likeness (QED) is 0.462. The van der Waals surface area contributed by atoms with Gasteiger partial charge in [-0.05, 0) is 46.3 Å². The summed E-state index contributed by atoms with van der Waals surface area (Å²) in [6, 6.07) is 0. The number of isothiocyanates is 1. The van der Waals surface area contributed by atoms with Crippen LogP contribution >= 0.6 is 12.2 Å². The summed E-state index contributed by atoms with van der Waals surface area (Å²) in [4.78, 5) is 15.9. The van der Waals surface area contributed by atoms with Crippen molar-refractivity contribution in [1.29, 1.82) is 0 Å². The van der Waals surface area contributed by atoms with Gasteiger partial charge < -0.3 is 10.5 Å². The van der Waals surface area contributed by atoms with Crippen LogP contribution in [-0.2, 0) is 4.79 Å². The summed E-state index contributed by atoms with van der Waals surface area (Å²) < 4.78 is 0. The number of thiocarbonyl (C=S) groups is 1. The minimum atomic E-state index is -0.568. The number of rotatable bonds is 4. The van der Waals surface area contributed by atoms with E-state index in [0.29, 0.717) is 19.5 Å². The Balaban J connectivity index is 2.66. The summed E-state index contributed by atoms with van der Waals surface area (Å²) in [7, 11) is 0. The van der Waals surface area contributed by atoms with E-state index in [-0.39, 0.29) is 11.8 Å². The maximum absolute atomic E-state index is 12.1. The van der Waals surface area contributed by atoms with E-state index in [2.05, 4.69) is 27.7 Å². The lowest BCUT2D eigenvalue weighted by Crippen LogP contribution is -2.50. The Bertz CT molecular complexity index is 376. The van der Waals surface area contributed by atoms with Crippen molar-refractivity contribution >= 4 is 23.3 Å². The van der Waals surface area contributed by atoms with Gasteiger partial charge in [0.05, 0.1) is 23.2 Å². The van der Waals surface area contributed by atoms with Gasteiger partial charge in [-0.15, -0.1) is 0 Å². The molecule has 5 nitrogen and oxygen atoms in total. The number of nitrogens with zero attached hydrogens (tertiary/aromatic N) is 2. The average molecular weight is 271 g/mol. The zero-order chi connectivity index (χ0) is 14.0. The van der Waals surface area contributed by atoms with Crippen molar-refractivity contribution in [2.45, 2.75) is 45.2 Å². The predicted octanol–water partition coefficient (Wildman–Crippen LogP) is 1.47. The molecule has 0 aromatic carbocycles. The number of hydrogen-bond acceptors (Lipinski definition) is 5. The first-order chi connectivity index (χ1) is 8.23. The van der Waals surface area contributed by atoms with Crippen LogP contribution in [-0.4, -0.2) is 45.5 Å². The Kier molecular flexibility index (Phi) is 4.61. The van der Waals surface area contributed by atoms with Gasteiger partial charge in [0, 0.05) is 12.1 Å². The molecule has 102 valence electrons. The van der Waals surface area contributed by atoms with Crippen LogP contribution in [0, 0.1) is 5.92 Å². The minimum absolute atomic E-state index is 0.0517. The van der Waals surface area contributed by atoms with E-state index in [1.54, 1.807) is 0 Å². The number of hydroxylamine groups is 2. The van der Waals surface area contributed by atoms with Gasteiger partial charge in [-0.2, -0.15) is 5.06 Å². The highest BCUT2D eigenvalue weighted by Crippen LogP contribution is 2.43. The molecule has 1 rings (SSSR count). The predicted molar refractivity (Wildman–Crippen MR) is 72.8 cm³/mol. The summed E-state index contributed by atoms with van der Waals surface area (Å²) in [6.45, 7) is 8.49. The summed E-state index contributed by atoms with van der Waals surface area (Å²) in [5.74, 6) is -0.293. The summed E-state index contributed by atoms with van der Waals surface area (Å²) in [5, 5.41) is 16.5. The zero-order valence-electron chi connectivity index (χ0n) is 11.4. The molecule has 0 spiro atoms. The smallest absolute Gasteiger partial charge is 0.225 e. The highest BCUT2D eigenvalue weighted by molar-refractivity contribution is 7.78. The standard InChI is InChI=1S/C12H21N3O2S/c1-11(2)7-9(12(3,4)15(11)17)10(16)14-6-5-13-8-18/h9,17H,5-7H2,1-4H3,(H,14,16). The molecule has 0 saturated carbocycles. The van der Waals surface area contributed by atoms with E-state index < -0.39 is 11.1 Å². The highest BCUT2D eigenvalue weighted by Gasteiger charge is 2.53. The Morgan fingerprint density at radius 3 is 2.61 bits per heavy atom. The van der Waals surface area contributed by atoms with Crippen LogP contribution in [0.1, 0.15) is 34.1 Å². The lowest BCUT2D eigenvalue weighted by Gasteiger charge is -2.35. The second kappa shape index (κ2) is 5.45. The molecule has 1 unspecified atom stereocenters. The highest BCUT2D eigenvalue weighted by atomic mass is 32.1. The van der Waals surface area contributed by atoms with Crippen LogP contribution in [0.15, 0.2) is 4.99 Å². The van der Waals surface area contributed by atoms with E-state index in [4.69, 9.17) is 0 Å².